The lowest BCUT2D eigenvalue weighted by molar-refractivity contribution is -0.123. The van der Waals surface area contributed by atoms with Crippen molar-refractivity contribution in [3.63, 3.8) is 0 Å². The Bertz CT molecular complexity index is 382. The molecule has 0 amide bonds. The zero-order chi connectivity index (χ0) is 13.1. The van der Waals surface area contributed by atoms with Crippen LogP contribution in [0.4, 0.5) is 0 Å². The highest BCUT2D eigenvalue weighted by atomic mass is 16.1. The number of nitrogens with zero attached hydrogens (tertiary/aromatic N) is 3. The molecule has 1 atom stereocenters. The van der Waals surface area contributed by atoms with Crippen LogP contribution < -0.4 is 5.73 Å². The average Bonchev–Trinajstić information content (AvgIpc) is 2.65. The van der Waals surface area contributed by atoms with Crippen molar-refractivity contribution < 1.29 is 4.79 Å². The van der Waals surface area contributed by atoms with Crippen LogP contribution in [0.1, 0.15) is 52.4 Å². The standard InChI is InChI=1S/C12H22N4O/c1-5-6-12(4,13)10(17)7-11-14-8-15-16(11)9(2)3/h8-9H,5-7,13H2,1-4H3. The molecule has 0 saturated heterocycles. The summed E-state index contributed by atoms with van der Waals surface area (Å²) in [6.45, 7) is 7.83. The molecule has 2 N–H and O–H groups in total. The van der Waals surface area contributed by atoms with Gasteiger partial charge in [-0.15, -0.1) is 0 Å². The second-order valence-corrected chi connectivity index (χ2v) is 4.98. The molecule has 0 saturated carbocycles. The summed E-state index contributed by atoms with van der Waals surface area (Å²) in [5.74, 6) is 0.715. The monoisotopic (exact) mass is 238 g/mol. The predicted molar refractivity (Wildman–Crippen MR) is 66.6 cm³/mol. The third-order valence-corrected chi connectivity index (χ3v) is 2.86. The van der Waals surface area contributed by atoms with Crippen molar-refractivity contribution >= 4 is 5.78 Å². The molecule has 1 aromatic heterocycles. The largest absolute Gasteiger partial charge is 0.319 e. The van der Waals surface area contributed by atoms with Crippen molar-refractivity contribution in [3.05, 3.63) is 12.2 Å². The summed E-state index contributed by atoms with van der Waals surface area (Å²) in [6.07, 6.45) is 3.33. The van der Waals surface area contributed by atoms with E-state index in [2.05, 4.69) is 10.1 Å². The third kappa shape index (κ3) is 3.36. The predicted octanol–water partition coefficient (Wildman–Crippen LogP) is 1.49. The molecular formula is C12H22N4O. The van der Waals surface area contributed by atoms with Crippen molar-refractivity contribution in [1.29, 1.82) is 0 Å². The summed E-state index contributed by atoms with van der Waals surface area (Å²) in [6, 6.07) is 0.204. The van der Waals surface area contributed by atoms with Gasteiger partial charge in [-0.3, -0.25) is 4.79 Å². The van der Waals surface area contributed by atoms with Gasteiger partial charge < -0.3 is 5.73 Å². The number of carbonyl (C=O) groups excluding carboxylic acids is 1. The Morgan fingerprint density at radius 2 is 2.24 bits per heavy atom. The lowest BCUT2D eigenvalue weighted by Gasteiger charge is -2.22. The van der Waals surface area contributed by atoms with Crippen LogP contribution in [0.2, 0.25) is 0 Å². The van der Waals surface area contributed by atoms with Gasteiger partial charge in [-0.1, -0.05) is 13.3 Å². The van der Waals surface area contributed by atoms with E-state index < -0.39 is 5.54 Å². The molecular weight excluding hydrogens is 216 g/mol. The summed E-state index contributed by atoms with van der Waals surface area (Å²) in [5, 5.41) is 4.11. The van der Waals surface area contributed by atoms with Gasteiger partial charge >= 0.3 is 0 Å². The zero-order valence-electron chi connectivity index (χ0n) is 11.1. The van der Waals surface area contributed by atoms with Gasteiger partial charge in [0.1, 0.15) is 12.2 Å². The molecule has 0 aliphatic heterocycles. The van der Waals surface area contributed by atoms with Gasteiger partial charge in [0.05, 0.1) is 12.0 Å². The lowest BCUT2D eigenvalue weighted by atomic mass is 9.90. The number of carbonyl (C=O) groups is 1. The summed E-state index contributed by atoms with van der Waals surface area (Å²) < 4.78 is 1.76. The fraction of sp³-hybridized carbons (Fsp3) is 0.750. The minimum absolute atomic E-state index is 0.0225. The van der Waals surface area contributed by atoms with Gasteiger partial charge in [0.25, 0.3) is 0 Å². The van der Waals surface area contributed by atoms with E-state index in [-0.39, 0.29) is 18.2 Å². The SMILES string of the molecule is CCCC(C)(N)C(=O)Cc1ncnn1C(C)C. The Kier molecular flexibility index (Phi) is 4.40. The molecule has 1 unspecified atom stereocenters. The summed E-state index contributed by atoms with van der Waals surface area (Å²) in [5.41, 5.74) is 5.25. The van der Waals surface area contributed by atoms with Gasteiger partial charge in [-0.2, -0.15) is 5.10 Å². The van der Waals surface area contributed by atoms with Crippen LogP contribution in [-0.4, -0.2) is 26.1 Å². The lowest BCUT2D eigenvalue weighted by Crippen LogP contribution is -2.46. The maximum Gasteiger partial charge on any atom is 0.159 e. The van der Waals surface area contributed by atoms with Gasteiger partial charge in [0.2, 0.25) is 0 Å². The molecule has 0 bridgehead atoms. The molecule has 1 heterocycles. The van der Waals surface area contributed by atoms with E-state index in [4.69, 9.17) is 5.73 Å². The van der Waals surface area contributed by atoms with E-state index in [0.29, 0.717) is 12.2 Å². The molecule has 0 radical (unpaired) electrons. The Morgan fingerprint density at radius 1 is 1.59 bits per heavy atom. The van der Waals surface area contributed by atoms with E-state index in [1.165, 1.54) is 6.33 Å². The summed E-state index contributed by atoms with van der Waals surface area (Å²) >= 11 is 0. The van der Waals surface area contributed by atoms with Crippen LogP contribution >= 0.6 is 0 Å². The molecule has 0 aliphatic carbocycles. The molecule has 0 fully saturated rings. The molecule has 1 rings (SSSR count). The van der Waals surface area contributed by atoms with Crippen LogP contribution in [0, 0.1) is 0 Å². The maximum atomic E-state index is 12.1. The van der Waals surface area contributed by atoms with Crippen LogP contribution in [0.5, 0.6) is 0 Å². The number of nitrogens with two attached hydrogens (primary N) is 1. The van der Waals surface area contributed by atoms with Crippen LogP contribution in [0.15, 0.2) is 6.33 Å². The van der Waals surface area contributed by atoms with Crippen LogP contribution in [-0.2, 0) is 11.2 Å². The Morgan fingerprint density at radius 3 is 2.76 bits per heavy atom. The van der Waals surface area contributed by atoms with E-state index in [1.54, 1.807) is 11.6 Å². The number of ketones is 1. The molecule has 0 spiro atoms. The first-order valence-corrected chi connectivity index (χ1v) is 6.09. The molecule has 5 heteroatoms. The molecule has 96 valence electrons. The number of hydrogen-bond acceptors (Lipinski definition) is 4. The van der Waals surface area contributed by atoms with Gasteiger partial charge in [0.15, 0.2) is 5.78 Å². The first-order valence-electron chi connectivity index (χ1n) is 6.09. The highest BCUT2D eigenvalue weighted by molar-refractivity contribution is 5.89. The van der Waals surface area contributed by atoms with Crippen molar-refractivity contribution in [1.82, 2.24) is 14.8 Å². The van der Waals surface area contributed by atoms with Gasteiger partial charge in [0, 0.05) is 6.04 Å². The molecule has 0 aromatic carbocycles. The average molecular weight is 238 g/mol. The number of aromatic nitrogens is 3. The molecule has 17 heavy (non-hydrogen) atoms. The minimum Gasteiger partial charge on any atom is -0.319 e. The van der Waals surface area contributed by atoms with E-state index in [0.717, 1.165) is 6.42 Å². The van der Waals surface area contributed by atoms with Crippen molar-refractivity contribution in [2.24, 2.45) is 5.73 Å². The highest BCUT2D eigenvalue weighted by Gasteiger charge is 2.28. The van der Waals surface area contributed by atoms with Crippen molar-refractivity contribution in [2.75, 3.05) is 0 Å². The second-order valence-electron chi connectivity index (χ2n) is 4.98. The van der Waals surface area contributed by atoms with Crippen LogP contribution in [0.3, 0.4) is 0 Å². The van der Waals surface area contributed by atoms with E-state index >= 15 is 0 Å². The summed E-state index contributed by atoms with van der Waals surface area (Å²) in [4.78, 5) is 16.2. The van der Waals surface area contributed by atoms with E-state index in [1.807, 2.05) is 20.8 Å². The number of rotatable bonds is 6. The van der Waals surface area contributed by atoms with E-state index in [9.17, 15) is 4.79 Å². The highest BCUT2D eigenvalue weighted by Crippen LogP contribution is 2.14. The zero-order valence-corrected chi connectivity index (χ0v) is 11.1. The van der Waals surface area contributed by atoms with Crippen molar-refractivity contribution in [3.8, 4) is 0 Å². The number of hydrogen-bond donors (Lipinski definition) is 1. The molecule has 5 nitrogen and oxygen atoms in total. The maximum absolute atomic E-state index is 12.1. The fourth-order valence-electron chi connectivity index (χ4n) is 1.84. The van der Waals surface area contributed by atoms with Gasteiger partial charge in [-0.25, -0.2) is 9.67 Å². The Labute approximate surface area is 102 Å². The van der Waals surface area contributed by atoms with Crippen molar-refractivity contribution in [2.45, 2.75) is 58.5 Å². The summed E-state index contributed by atoms with van der Waals surface area (Å²) in [7, 11) is 0. The first-order chi connectivity index (χ1) is 7.88. The normalized spacial score (nSPS) is 14.9. The Hall–Kier alpha value is -1.23. The smallest absolute Gasteiger partial charge is 0.159 e. The van der Waals surface area contributed by atoms with Crippen LogP contribution in [0.25, 0.3) is 0 Å². The third-order valence-electron chi connectivity index (χ3n) is 2.86. The molecule has 0 aliphatic rings. The topological polar surface area (TPSA) is 73.8 Å². The fourth-order valence-corrected chi connectivity index (χ4v) is 1.84. The number of Topliss-reactive ketones (excluding diaryl/α,β-unsaturated/α-hetero) is 1. The first kappa shape index (κ1) is 13.8. The van der Waals surface area contributed by atoms with Gasteiger partial charge in [-0.05, 0) is 27.2 Å². The molecule has 1 aromatic rings. The second kappa shape index (κ2) is 5.40. The minimum atomic E-state index is -0.761. The Balaban J connectivity index is 2.77. The quantitative estimate of drug-likeness (QED) is 0.814.